The quantitative estimate of drug-likeness (QED) is 0.157. The summed E-state index contributed by atoms with van der Waals surface area (Å²) in [6.07, 6.45) is 7.00. The number of H-pyrrole nitrogens is 4. The number of aromatic nitrogens is 4. The van der Waals surface area contributed by atoms with Gasteiger partial charge in [0.25, 0.3) is 0 Å². The van der Waals surface area contributed by atoms with Gasteiger partial charge in [-0.05, 0) is 72.8 Å². The third-order valence-electron chi connectivity index (χ3n) is 5.14. The summed E-state index contributed by atoms with van der Waals surface area (Å²) >= 11 is 0. The van der Waals surface area contributed by atoms with Crippen LogP contribution in [0.1, 0.15) is 22.8 Å². The van der Waals surface area contributed by atoms with Crippen molar-refractivity contribution in [1.29, 1.82) is 0 Å². The fourth-order valence-corrected chi connectivity index (χ4v) is 3.66. The van der Waals surface area contributed by atoms with Crippen molar-refractivity contribution in [3.8, 4) is 0 Å². The van der Waals surface area contributed by atoms with Crippen LogP contribution in [-0.2, 0) is 9.59 Å². The second kappa shape index (κ2) is 7.51. The largest absolute Gasteiger partial charge is 0.477 e. The van der Waals surface area contributed by atoms with E-state index in [1.165, 1.54) is 0 Å². The molecule has 0 spiro atoms. The molecule has 0 radical (unpaired) electrons. The molecule has 0 saturated carbocycles. The molecule has 6 N–H and O–H groups in total. The van der Waals surface area contributed by atoms with E-state index >= 15 is 0 Å². The Labute approximate surface area is 180 Å². The summed E-state index contributed by atoms with van der Waals surface area (Å²) in [5, 5.41) is 21.9. The van der Waals surface area contributed by atoms with E-state index in [0.717, 1.165) is 39.2 Å². The molecule has 0 unspecified atom stereocenters. The van der Waals surface area contributed by atoms with Crippen LogP contribution >= 0.6 is 0 Å². The molecule has 8 heteroatoms. The fourth-order valence-electron chi connectivity index (χ4n) is 3.66. The van der Waals surface area contributed by atoms with Gasteiger partial charge in [-0.2, -0.15) is 0 Å². The van der Waals surface area contributed by atoms with Crippen LogP contribution in [0.2, 0.25) is 0 Å². The van der Waals surface area contributed by atoms with E-state index in [0.29, 0.717) is 16.6 Å². The Kier molecular flexibility index (Phi) is 4.52. The van der Waals surface area contributed by atoms with Gasteiger partial charge in [-0.15, -0.1) is 0 Å². The predicted molar refractivity (Wildman–Crippen MR) is 118 cm³/mol. The lowest BCUT2D eigenvalue weighted by atomic mass is 10.1. The maximum absolute atomic E-state index is 11.5. The maximum Gasteiger partial charge on any atom is 0.343 e. The molecule has 5 rings (SSSR count). The normalized spacial score (nSPS) is 12.3. The molecule has 158 valence electrons. The zero-order chi connectivity index (χ0) is 22.2. The molecule has 0 aliphatic carbocycles. The molecule has 0 atom stereocenters. The van der Waals surface area contributed by atoms with Crippen molar-refractivity contribution in [2.75, 3.05) is 0 Å². The summed E-state index contributed by atoms with van der Waals surface area (Å²) in [7, 11) is 0. The van der Waals surface area contributed by atoms with Crippen LogP contribution in [0.4, 0.5) is 0 Å². The zero-order valence-electron chi connectivity index (χ0n) is 16.6. The number of carbonyl (C=O) groups is 2. The third-order valence-corrected chi connectivity index (χ3v) is 5.14. The molecule has 0 saturated heterocycles. The Bertz CT molecular complexity index is 1620. The molecular weight excluding hydrogens is 408 g/mol. The van der Waals surface area contributed by atoms with Gasteiger partial charge in [-0.25, -0.2) is 9.59 Å². The standard InChI is InChI=1S/C24H18N4O4/c29-23(30)20(24(31)32)12-19-21-7-5-17(27-21)10-15-3-1-13(25-15)9-14-2-4-16(26-14)11-18-6-8-22(19)28-18/h1-12,25-28H,(H,29,30)(H,31,32). The van der Waals surface area contributed by atoms with Crippen molar-refractivity contribution in [3.05, 3.63) is 104 Å². The van der Waals surface area contributed by atoms with Gasteiger partial charge >= 0.3 is 11.9 Å². The summed E-state index contributed by atoms with van der Waals surface area (Å²) < 4.78 is 0. The predicted octanol–water partition coefficient (Wildman–Crippen LogP) is 0.0934. The number of allylic oxidation sites excluding steroid dienone is 1. The number of carboxylic acids is 2. The number of carboxylic acid groups (broad SMARTS) is 2. The highest BCUT2D eigenvalue weighted by Crippen LogP contribution is 2.15. The minimum Gasteiger partial charge on any atom is -0.477 e. The van der Waals surface area contributed by atoms with Gasteiger partial charge in [0.1, 0.15) is 5.57 Å². The first-order valence-corrected chi connectivity index (χ1v) is 9.81. The number of hydrogen-bond donors (Lipinski definition) is 6. The van der Waals surface area contributed by atoms with Crippen LogP contribution in [-0.4, -0.2) is 42.1 Å². The average molecular weight is 426 g/mol. The van der Waals surface area contributed by atoms with Gasteiger partial charge in [0.2, 0.25) is 0 Å². The van der Waals surface area contributed by atoms with Gasteiger partial charge in [0.05, 0.1) is 0 Å². The number of rotatable bonds is 3. The van der Waals surface area contributed by atoms with Gasteiger partial charge in [-0.3, -0.25) is 0 Å². The Morgan fingerprint density at radius 2 is 1.16 bits per heavy atom. The summed E-state index contributed by atoms with van der Waals surface area (Å²) in [4.78, 5) is 36.1. The van der Waals surface area contributed by atoms with Gasteiger partial charge in [0.15, 0.2) is 0 Å². The average Bonchev–Trinajstić information content (AvgIpc) is 3.52. The van der Waals surface area contributed by atoms with E-state index in [1.54, 1.807) is 12.1 Å². The monoisotopic (exact) mass is 426 g/mol. The number of nitrogens with one attached hydrogen (secondary N) is 4. The molecule has 1 aliphatic heterocycles. The van der Waals surface area contributed by atoms with Gasteiger partial charge < -0.3 is 30.1 Å². The van der Waals surface area contributed by atoms with E-state index in [9.17, 15) is 19.8 Å². The molecular formula is C24H18N4O4. The molecule has 8 nitrogen and oxygen atoms in total. The van der Waals surface area contributed by atoms with Crippen LogP contribution in [0.15, 0.2) is 60.2 Å². The minimum atomic E-state index is -1.51. The van der Waals surface area contributed by atoms with E-state index in [-0.39, 0.29) is 0 Å². The van der Waals surface area contributed by atoms with E-state index < -0.39 is 17.5 Å². The fraction of sp³-hybridized carbons (Fsp3) is 0. The molecule has 8 bridgehead atoms. The second-order valence-corrected chi connectivity index (χ2v) is 7.41. The van der Waals surface area contributed by atoms with Crippen LogP contribution in [0, 0.1) is 0 Å². The first kappa shape index (κ1) is 19.3. The number of aliphatic carboxylic acids is 2. The molecule has 5 heterocycles. The van der Waals surface area contributed by atoms with Crippen molar-refractivity contribution in [1.82, 2.24) is 19.9 Å². The zero-order valence-corrected chi connectivity index (χ0v) is 16.6. The Balaban J connectivity index is 1.82. The summed E-state index contributed by atoms with van der Waals surface area (Å²) in [6.45, 7) is 0. The van der Waals surface area contributed by atoms with Gasteiger partial charge in [-0.1, -0.05) is 0 Å². The SMILES string of the molecule is O=C(O)C(=CC1=c2ccc([nH]2)=Cc2ccc([nH]2)C=c2ccc([nH]2)=Cc2ccc1[nH]2)C(=O)O. The first-order chi connectivity index (χ1) is 15.4. The second-order valence-electron chi connectivity index (χ2n) is 7.41. The summed E-state index contributed by atoms with van der Waals surface area (Å²) in [6, 6.07) is 15.1. The molecule has 4 aromatic rings. The van der Waals surface area contributed by atoms with Crippen molar-refractivity contribution >= 4 is 35.7 Å². The van der Waals surface area contributed by atoms with Crippen LogP contribution in [0.25, 0.3) is 23.8 Å². The Morgan fingerprint density at radius 3 is 1.78 bits per heavy atom. The maximum atomic E-state index is 11.5. The van der Waals surface area contributed by atoms with E-state index in [1.807, 2.05) is 54.6 Å². The van der Waals surface area contributed by atoms with Crippen LogP contribution in [0.5, 0.6) is 0 Å². The highest BCUT2D eigenvalue weighted by Gasteiger charge is 2.18. The van der Waals surface area contributed by atoms with Crippen molar-refractivity contribution in [3.63, 3.8) is 0 Å². The lowest BCUT2D eigenvalue weighted by Gasteiger charge is -2.01. The lowest BCUT2D eigenvalue weighted by molar-refractivity contribution is -0.140. The minimum absolute atomic E-state index is 0.420. The molecule has 0 amide bonds. The summed E-state index contributed by atoms with van der Waals surface area (Å²) in [5.74, 6) is -3.02. The molecule has 4 aromatic heterocycles. The Morgan fingerprint density at radius 1 is 0.625 bits per heavy atom. The molecule has 0 aromatic carbocycles. The highest BCUT2D eigenvalue weighted by molar-refractivity contribution is 6.14. The first-order valence-electron chi connectivity index (χ1n) is 9.81. The van der Waals surface area contributed by atoms with Crippen molar-refractivity contribution < 1.29 is 19.8 Å². The molecule has 1 aliphatic rings. The van der Waals surface area contributed by atoms with Crippen LogP contribution in [0.3, 0.4) is 0 Å². The van der Waals surface area contributed by atoms with Crippen molar-refractivity contribution in [2.45, 2.75) is 0 Å². The van der Waals surface area contributed by atoms with E-state index in [4.69, 9.17) is 0 Å². The third kappa shape index (κ3) is 3.72. The van der Waals surface area contributed by atoms with E-state index in [2.05, 4.69) is 19.9 Å². The Hall–Kier alpha value is -4.72. The molecule has 0 fully saturated rings. The van der Waals surface area contributed by atoms with Gasteiger partial charge in [0, 0.05) is 49.7 Å². The molecule has 32 heavy (non-hydrogen) atoms. The summed E-state index contributed by atoms with van der Waals surface area (Å²) in [5.41, 5.74) is 2.87. The van der Waals surface area contributed by atoms with Crippen molar-refractivity contribution in [2.24, 2.45) is 0 Å². The highest BCUT2D eigenvalue weighted by atomic mass is 16.4. The number of aromatic amines is 4. The lowest BCUT2D eigenvalue weighted by Crippen LogP contribution is -2.16. The van der Waals surface area contributed by atoms with Crippen LogP contribution < -0.4 is 21.4 Å². The smallest absolute Gasteiger partial charge is 0.343 e. The number of fused-ring (bicyclic) bond motifs is 8. The topological polar surface area (TPSA) is 138 Å². The number of hydrogen-bond acceptors (Lipinski definition) is 2.